The predicted octanol–water partition coefficient (Wildman–Crippen LogP) is 5.99. The van der Waals surface area contributed by atoms with E-state index < -0.39 is 0 Å². The summed E-state index contributed by atoms with van der Waals surface area (Å²) in [5, 5.41) is 6.92. The van der Waals surface area contributed by atoms with Crippen molar-refractivity contribution in [3.8, 4) is 11.5 Å². The fourth-order valence-electron chi connectivity index (χ4n) is 2.26. The normalized spacial score (nSPS) is 11.1. The van der Waals surface area contributed by atoms with Gasteiger partial charge in [0.1, 0.15) is 11.2 Å². The van der Waals surface area contributed by atoms with Crippen molar-refractivity contribution >= 4 is 38.4 Å². The van der Waals surface area contributed by atoms with Gasteiger partial charge < -0.3 is 9.73 Å². The lowest BCUT2D eigenvalue weighted by Crippen LogP contribution is -2.07. The average molecular weight is 373 g/mol. The predicted molar refractivity (Wildman–Crippen MR) is 95.3 cm³/mol. The molecular weight excluding hydrogens is 356 g/mol. The first-order valence-corrected chi connectivity index (χ1v) is 8.18. The smallest absolute Gasteiger partial charge is 0.227 e. The van der Waals surface area contributed by atoms with Crippen LogP contribution in [-0.2, 0) is 0 Å². The highest BCUT2D eigenvalue weighted by molar-refractivity contribution is 9.10. The number of benzene rings is 2. The molecule has 0 aliphatic rings. The minimum absolute atomic E-state index is 0.516. The van der Waals surface area contributed by atoms with Gasteiger partial charge in [0.2, 0.25) is 5.89 Å². The molecule has 0 saturated carbocycles. The maximum absolute atomic E-state index is 7.40. The zero-order valence-electron chi connectivity index (χ0n) is 12.9. The number of oxazole rings is 1. The molecule has 0 amide bonds. The van der Waals surface area contributed by atoms with Crippen LogP contribution in [0.4, 0.5) is 11.4 Å². The molecule has 0 atom stereocenters. The molecule has 3 aromatic rings. The van der Waals surface area contributed by atoms with Crippen LogP contribution in [0.25, 0.3) is 22.6 Å². The summed E-state index contributed by atoms with van der Waals surface area (Å²) in [5.74, 6) is 1.04. The zero-order valence-corrected chi connectivity index (χ0v) is 14.5. The highest BCUT2D eigenvalue weighted by Crippen LogP contribution is 2.33. The Kier molecular flexibility index (Phi) is 4.43. The van der Waals surface area contributed by atoms with Crippen LogP contribution in [0, 0.1) is 11.4 Å². The molecule has 3 rings (SSSR count). The van der Waals surface area contributed by atoms with Gasteiger partial charge in [0.15, 0.2) is 5.58 Å². The molecule has 0 spiro atoms. The molecule has 5 nitrogen and oxygen atoms in total. The summed E-state index contributed by atoms with van der Waals surface area (Å²) in [6, 6.07) is 11.4. The van der Waals surface area contributed by atoms with Crippen molar-refractivity contribution in [3.63, 3.8) is 0 Å². The number of halogens is 1. The molecule has 2 N–H and O–H groups in total. The standard InChI is InChI=1S/C17H17BrN4O/c1-10(2)9-20-13-7-6-11(8-14(13)22-19)17-21-16-12(18)4-3-5-15(16)23-17/h3-8,10,19-20H,9H2,1-2H3. The fraction of sp³-hybridized carbons (Fsp3) is 0.235. The second-order valence-electron chi connectivity index (χ2n) is 5.72. The van der Waals surface area contributed by atoms with Crippen molar-refractivity contribution in [2.75, 3.05) is 11.9 Å². The van der Waals surface area contributed by atoms with E-state index >= 15 is 0 Å². The number of hydrogen-bond acceptors (Lipinski definition) is 5. The Hall–Kier alpha value is -2.21. The van der Waals surface area contributed by atoms with Crippen LogP contribution < -0.4 is 5.32 Å². The van der Waals surface area contributed by atoms with Gasteiger partial charge in [-0.1, -0.05) is 19.9 Å². The van der Waals surface area contributed by atoms with Crippen molar-refractivity contribution in [1.29, 1.82) is 5.53 Å². The van der Waals surface area contributed by atoms with E-state index in [1.807, 2.05) is 36.4 Å². The van der Waals surface area contributed by atoms with Gasteiger partial charge >= 0.3 is 0 Å². The topological polar surface area (TPSA) is 74.3 Å². The molecule has 1 aromatic heterocycles. The van der Waals surface area contributed by atoms with Crippen LogP contribution >= 0.6 is 15.9 Å². The van der Waals surface area contributed by atoms with E-state index in [-0.39, 0.29) is 0 Å². The van der Waals surface area contributed by atoms with Gasteiger partial charge in [-0.3, -0.25) is 0 Å². The van der Waals surface area contributed by atoms with Crippen molar-refractivity contribution in [2.24, 2.45) is 11.0 Å². The molecule has 0 saturated heterocycles. The lowest BCUT2D eigenvalue weighted by atomic mass is 10.1. The summed E-state index contributed by atoms with van der Waals surface area (Å²) in [6.45, 7) is 5.10. The lowest BCUT2D eigenvalue weighted by molar-refractivity contribution is 0.620. The van der Waals surface area contributed by atoms with E-state index in [4.69, 9.17) is 9.95 Å². The molecular formula is C17H17BrN4O. The summed E-state index contributed by atoms with van der Waals surface area (Å²) >= 11 is 3.48. The Morgan fingerprint density at radius 1 is 1.30 bits per heavy atom. The van der Waals surface area contributed by atoms with Gasteiger partial charge in [-0.05, 0) is 52.2 Å². The number of para-hydroxylation sites is 1. The monoisotopic (exact) mass is 372 g/mol. The Morgan fingerprint density at radius 3 is 2.83 bits per heavy atom. The maximum Gasteiger partial charge on any atom is 0.227 e. The summed E-state index contributed by atoms with van der Waals surface area (Å²) in [6.07, 6.45) is 0. The number of fused-ring (bicyclic) bond motifs is 1. The molecule has 118 valence electrons. The second-order valence-corrected chi connectivity index (χ2v) is 6.58. The largest absolute Gasteiger partial charge is 0.436 e. The summed E-state index contributed by atoms with van der Waals surface area (Å²) in [4.78, 5) is 4.52. The highest BCUT2D eigenvalue weighted by atomic mass is 79.9. The Labute approximate surface area is 142 Å². The average Bonchev–Trinajstić information content (AvgIpc) is 2.98. The van der Waals surface area contributed by atoms with E-state index in [1.54, 1.807) is 0 Å². The van der Waals surface area contributed by atoms with Gasteiger partial charge in [0.05, 0.1) is 5.69 Å². The first-order valence-electron chi connectivity index (χ1n) is 7.39. The van der Waals surface area contributed by atoms with Crippen molar-refractivity contribution in [1.82, 2.24) is 4.98 Å². The number of anilines is 1. The summed E-state index contributed by atoms with van der Waals surface area (Å²) in [5.41, 5.74) is 11.1. The van der Waals surface area contributed by atoms with Crippen molar-refractivity contribution in [3.05, 3.63) is 40.9 Å². The van der Waals surface area contributed by atoms with Gasteiger partial charge in [-0.25, -0.2) is 10.5 Å². The Balaban J connectivity index is 1.98. The Morgan fingerprint density at radius 2 is 2.13 bits per heavy atom. The minimum Gasteiger partial charge on any atom is -0.436 e. The number of nitrogens with zero attached hydrogens (tertiary/aromatic N) is 2. The van der Waals surface area contributed by atoms with Gasteiger partial charge in [0, 0.05) is 16.6 Å². The number of nitrogens with one attached hydrogen (secondary N) is 2. The fourth-order valence-corrected chi connectivity index (χ4v) is 2.70. The van der Waals surface area contributed by atoms with Gasteiger partial charge in [-0.15, -0.1) is 0 Å². The van der Waals surface area contributed by atoms with Crippen LogP contribution in [0.2, 0.25) is 0 Å². The molecule has 0 radical (unpaired) electrons. The van der Waals surface area contributed by atoms with Gasteiger partial charge in [0.25, 0.3) is 0 Å². The first-order chi connectivity index (χ1) is 11.1. The first kappa shape index (κ1) is 15.7. The third kappa shape index (κ3) is 3.27. The third-order valence-electron chi connectivity index (χ3n) is 3.44. The zero-order chi connectivity index (χ0) is 16.4. The quantitative estimate of drug-likeness (QED) is 0.540. The molecule has 0 aliphatic heterocycles. The molecule has 1 heterocycles. The number of aromatic nitrogens is 1. The molecule has 0 unspecified atom stereocenters. The lowest BCUT2D eigenvalue weighted by Gasteiger charge is -2.11. The minimum atomic E-state index is 0.516. The van der Waals surface area contributed by atoms with Crippen molar-refractivity contribution in [2.45, 2.75) is 13.8 Å². The van der Waals surface area contributed by atoms with Crippen LogP contribution in [-0.4, -0.2) is 11.5 Å². The molecule has 0 aliphatic carbocycles. The van der Waals surface area contributed by atoms with Gasteiger partial charge in [-0.2, -0.15) is 5.11 Å². The summed E-state index contributed by atoms with van der Waals surface area (Å²) in [7, 11) is 0. The highest BCUT2D eigenvalue weighted by Gasteiger charge is 2.12. The van der Waals surface area contributed by atoms with E-state index in [1.165, 1.54) is 0 Å². The second kappa shape index (κ2) is 6.50. The van der Waals surface area contributed by atoms with Crippen LogP contribution in [0.5, 0.6) is 0 Å². The van der Waals surface area contributed by atoms with E-state index in [2.05, 4.69) is 45.2 Å². The maximum atomic E-state index is 7.40. The molecule has 2 aromatic carbocycles. The van der Waals surface area contributed by atoms with Crippen LogP contribution in [0.3, 0.4) is 0 Å². The Bertz CT molecular complexity index is 857. The molecule has 6 heteroatoms. The van der Waals surface area contributed by atoms with Crippen LogP contribution in [0.1, 0.15) is 13.8 Å². The van der Waals surface area contributed by atoms with E-state index in [9.17, 15) is 0 Å². The molecule has 0 fully saturated rings. The number of hydrogen-bond donors (Lipinski definition) is 2. The SMILES string of the molecule is CC(C)CNc1ccc(-c2nc3c(Br)cccc3o2)cc1N=N. The number of rotatable bonds is 5. The molecule has 0 bridgehead atoms. The van der Waals surface area contributed by atoms with Crippen molar-refractivity contribution < 1.29 is 4.42 Å². The third-order valence-corrected chi connectivity index (χ3v) is 4.08. The van der Waals surface area contributed by atoms with E-state index in [0.717, 1.165) is 33.4 Å². The molecule has 23 heavy (non-hydrogen) atoms. The summed E-state index contributed by atoms with van der Waals surface area (Å²) < 4.78 is 6.70. The van der Waals surface area contributed by atoms with Crippen LogP contribution in [0.15, 0.2) is 50.4 Å². The van der Waals surface area contributed by atoms with E-state index in [0.29, 0.717) is 17.5 Å².